The lowest BCUT2D eigenvalue weighted by Crippen LogP contribution is -2.50. The highest BCUT2D eigenvalue weighted by Crippen LogP contribution is 2.47. The van der Waals surface area contributed by atoms with Gasteiger partial charge in [0, 0.05) is 43.6 Å². The van der Waals surface area contributed by atoms with Crippen molar-refractivity contribution in [3.05, 3.63) is 53.1 Å². The van der Waals surface area contributed by atoms with E-state index < -0.39 is 18.1 Å². The average molecular weight is 414 g/mol. The average Bonchev–Trinajstić information content (AvgIpc) is 2.63. The lowest BCUT2D eigenvalue weighted by molar-refractivity contribution is -0.274. The van der Waals surface area contributed by atoms with Crippen LogP contribution in [0.25, 0.3) is 0 Å². The second-order valence-electron chi connectivity index (χ2n) is 7.19. The summed E-state index contributed by atoms with van der Waals surface area (Å²) in [5, 5.41) is 11.0. The molecule has 1 N–H and O–H groups in total. The quantitative estimate of drug-likeness (QED) is 0.744. The van der Waals surface area contributed by atoms with Crippen molar-refractivity contribution in [2.24, 2.45) is 0 Å². The number of alkyl halides is 3. The number of hydrogen-bond donors (Lipinski definition) is 1. The van der Waals surface area contributed by atoms with Gasteiger partial charge in [-0.05, 0) is 30.3 Å². The van der Waals surface area contributed by atoms with E-state index in [9.17, 15) is 18.3 Å². The van der Waals surface area contributed by atoms with Gasteiger partial charge >= 0.3 is 6.36 Å². The molecule has 1 saturated heterocycles. The Morgan fingerprint density at radius 2 is 1.79 bits per heavy atom. The molecule has 0 aliphatic carbocycles. The number of para-hydroxylation sites is 1. The molecule has 2 heterocycles. The summed E-state index contributed by atoms with van der Waals surface area (Å²) in [4.78, 5) is 2.08. The van der Waals surface area contributed by atoms with Crippen LogP contribution in [-0.2, 0) is 0 Å². The maximum atomic E-state index is 12.3. The Morgan fingerprint density at radius 1 is 1.11 bits per heavy atom. The number of benzene rings is 2. The highest BCUT2D eigenvalue weighted by molar-refractivity contribution is 6.32. The Hall–Kier alpha value is -2.12. The minimum atomic E-state index is -4.70. The Kier molecular flexibility index (Phi) is 4.83. The van der Waals surface area contributed by atoms with E-state index in [4.69, 9.17) is 16.3 Å². The summed E-state index contributed by atoms with van der Waals surface area (Å²) < 4.78 is 47.0. The smallest absolute Gasteiger partial charge is 0.485 e. The molecule has 0 saturated carbocycles. The van der Waals surface area contributed by atoms with Gasteiger partial charge < -0.3 is 19.5 Å². The molecule has 2 aromatic rings. The summed E-state index contributed by atoms with van der Waals surface area (Å²) in [6.07, 6.45) is -3.49. The van der Waals surface area contributed by atoms with Crippen LogP contribution in [0.5, 0.6) is 11.5 Å². The molecule has 28 heavy (non-hydrogen) atoms. The van der Waals surface area contributed by atoms with Crippen molar-refractivity contribution in [1.29, 1.82) is 0 Å². The van der Waals surface area contributed by atoms with Gasteiger partial charge in [-0.2, -0.15) is 0 Å². The maximum Gasteiger partial charge on any atom is 0.573 e. The number of rotatable bonds is 2. The molecule has 0 bridgehead atoms. The number of halogens is 4. The molecule has 8 heteroatoms. The fourth-order valence-corrected chi connectivity index (χ4v) is 4.17. The number of aliphatic hydroxyl groups excluding tert-OH is 1. The highest BCUT2D eigenvalue weighted by Gasteiger charge is 2.43. The van der Waals surface area contributed by atoms with Crippen LogP contribution in [0.1, 0.15) is 30.9 Å². The third-order valence-corrected chi connectivity index (χ3v) is 5.65. The van der Waals surface area contributed by atoms with Gasteiger partial charge in [-0.25, -0.2) is 0 Å². The number of anilines is 1. The largest absolute Gasteiger partial charge is 0.573 e. The minimum absolute atomic E-state index is 0.241. The molecule has 1 spiro atoms. The first-order valence-electron chi connectivity index (χ1n) is 9.01. The third-order valence-electron chi connectivity index (χ3n) is 5.35. The van der Waals surface area contributed by atoms with Crippen LogP contribution in [0.15, 0.2) is 42.5 Å². The van der Waals surface area contributed by atoms with Crippen LogP contribution in [-0.4, -0.2) is 30.2 Å². The maximum absolute atomic E-state index is 12.3. The van der Waals surface area contributed by atoms with E-state index in [0.29, 0.717) is 48.7 Å². The predicted molar refractivity (Wildman–Crippen MR) is 99.0 cm³/mol. The summed E-state index contributed by atoms with van der Waals surface area (Å²) in [5.41, 5.74) is 1.03. The number of fused-ring (bicyclic) bond motifs is 1. The van der Waals surface area contributed by atoms with E-state index in [-0.39, 0.29) is 5.75 Å². The Bertz CT molecular complexity index is 849. The zero-order valence-electron chi connectivity index (χ0n) is 14.9. The van der Waals surface area contributed by atoms with Crippen molar-refractivity contribution in [3.8, 4) is 11.5 Å². The van der Waals surface area contributed by atoms with E-state index in [2.05, 4.69) is 9.64 Å². The first-order valence-corrected chi connectivity index (χ1v) is 9.39. The van der Waals surface area contributed by atoms with Gasteiger partial charge in [0.05, 0.1) is 11.1 Å². The normalized spacial score (nSPS) is 21.2. The van der Waals surface area contributed by atoms with E-state index >= 15 is 0 Å². The summed E-state index contributed by atoms with van der Waals surface area (Å²) in [6.45, 7) is 1.32. The molecule has 4 rings (SSSR count). The second-order valence-corrected chi connectivity index (χ2v) is 7.60. The van der Waals surface area contributed by atoms with E-state index in [1.807, 2.05) is 6.07 Å². The van der Waals surface area contributed by atoms with Crippen molar-refractivity contribution in [1.82, 2.24) is 0 Å². The minimum Gasteiger partial charge on any atom is -0.485 e. The first-order chi connectivity index (χ1) is 13.2. The molecular formula is C20H19ClF3NO3. The number of hydrogen-bond acceptors (Lipinski definition) is 4. The van der Waals surface area contributed by atoms with Crippen molar-refractivity contribution < 1.29 is 27.8 Å². The molecule has 2 aliphatic heterocycles. The van der Waals surface area contributed by atoms with E-state index in [0.717, 1.165) is 5.69 Å². The molecule has 1 unspecified atom stereocenters. The summed E-state index contributed by atoms with van der Waals surface area (Å²) in [5.74, 6) is 0.305. The Balaban J connectivity index is 1.44. The van der Waals surface area contributed by atoms with Crippen molar-refractivity contribution in [2.45, 2.75) is 37.3 Å². The van der Waals surface area contributed by atoms with E-state index in [1.54, 1.807) is 24.3 Å². The van der Waals surface area contributed by atoms with Gasteiger partial charge in [-0.3, -0.25) is 0 Å². The van der Waals surface area contributed by atoms with Crippen molar-refractivity contribution in [3.63, 3.8) is 0 Å². The van der Waals surface area contributed by atoms with Gasteiger partial charge in [0.2, 0.25) is 0 Å². The van der Waals surface area contributed by atoms with Gasteiger partial charge in [-0.15, -0.1) is 13.2 Å². The summed E-state index contributed by atoms with van der Waals surface area (Å²) >= 11 is 6.26. The van der Waals surface area contributed by atoms with Gasteiger partial charge in [-0.1, -0.05) is 23.7 Å². The third kappa shape index (κ3) is 3.86. The molecule has 4 nitrogen and oxygen atoms in total. The van der Waals surface area contributed by atoms with Gasteiger partial charge in [0.15, 0.2) is 0 Å². The molecular weight excluding hydrogens is 395 g/mol. The number of ether oxygens (including phenoxy) is 2. The molecule has 150 valence electrons. The summed E-state index contributed by atoms with van der Waals surface area (Å²) in [7, 11) is 0. The standard InChI is InChI=1S/C20H19ClF3NO3/c21-16-3-1-2-15-17(26)12-19(28-18(15)16)8-10-25(11-9-19)13-4-6-14(7-5-13)27-20(22,23)24/h1-7,17,26H,8-12H2. The molecule has 0 aromatic heterocycles. The SMILES string of the molecule is OC1CC2(CCN(c3ccc(OC(F)(F)F)cc3)CC2)Oc2c(Cl)cccc21. The number of piperidine rings is 1. The zero-order valence-corrected chi connectivity index (χ0v) is 15.6. The van der Waals surface area contributed by atoms with Crippen molar-refractivity contribution in [2.75, 3.05) is 18.0 Å². The van der Waals surface area contributed by atoms with Gasteiger partial charge in [0.25, 0.3) is 0 Å². The fourth-order valence-electron chi connectivity index (χ4n) is 3.95. The first kappa shape index (κ1) is 19.2. The Morgan fingerprint density at radius 3 is 2.43 bits per heavy atom. The molecule has 2 aromatic carbocycles. The predicted octanol–water partition coefficient (Wildman–Crippen LogP) is 5.09. The highest BCUT2D eigenvalue weighted by atomic mass is 35.5. The van der Waals surface area contributed by atoms with Crippen LogP contribution < -0.4 is 14.4 Å². The number of aliphatic hydroxyl groups is 1. The van der Waals surface area contributed by atoms with Crippen LogP contribution in [0.2, 0.25) is 5.02 Å². The number of nitrogens with zero attached hydrogens (tertiary/aromatic N) is 1. The topological polar surface area (TPSA) is 41.9 Å². The lowest BCUT2D eigenvalue weighted by Gasteiger charge is -2.46. The second kappa shape index (κ2) is 7.04. The molecule has 0 amide bonds. The molecule has 0 radical (unpaired) electrons. The lowest BCUT2D eigenvalue weighted by atomic mass is 9.81. The van der Waals surface area contributed by atoms with Crippen LogP contribution in [0.4, 0.5) is 18.9 Å². The van der Waals surface area contributed by atoms with Crippen molar-refractivity contribution >= 4 is 17.3 Å². The molecule has 1 fully saturated rings. The Labute approximate surface area is 165 Å². The fraction of sp³-hybridized carbons (Fsp3) is 0.400. The van der Waals surface area contributed by atoms with Crippen LogP contribution >= 0.6 is 11.6 Å². The van der Waals surface area contributed by atoms with E-state index in [1.165, 1.54) is 12.1 Å². The van der Waals surface area contributed by atoms with Gasteiger partial charge in [0.1, 0.15) is 17.1 Å². The monoisotopic (exact) mass is 413 g/mol. The molecule has 1 atom stereocenters. The summed E-state index contributed by atoms with van der Waals surface area (Å²) in [6, 6.07) is 11.2. The van der Waals surface area contributed by atoms with Crippen LogP contribution in [0.3, 0.4) is 0 Å². The molecule has 2 aliphatic rings. The zero-order chi connectivity index (χ0) is 19.9. The van der Waals surface area contributed by atoms with Crippen LogP contribution in [0, 0.1) is 0 Å².